The monoisotopic (exact) mass is 736 g/mol. The lowest BCUT2D eigenvalue weighted by Crippen LogP contribution is -2.59. The molecule has 2 aliphatic carbocycles. The van der Waals surface area contributed by atoms with E-state index in [-0.39, 0.29) is 41.6 Å². The zero-order chi connectivity index (χ0) is 38.1. The van der Waals surface area contributed by atoms with Gasteiger partial charge in [-0.15, -0.1) is 0 Å². The van der Waals surface area contributed by atoms with E-state index in [4.69, 9.17) is 14.2 Å². The van der Waals surface area contributed by atoms with Crippen molar-refractivity contribution in [3.63, 3.8) is 0 Å². The Balaban J connectivity index is 1.66. The maximum atomic E-state index is 13.6. The quantitative estimate of drug-likeness (QED) is 0.0778. The molecule has 0 amide bonds. The van der Waals surface area contributed by atoms with Crippen molar-refractivity contribution in [2.24, 2.45) is 47.3 Å². The highest BCUT2D eigenvalue weighted by molar-refractivity contribution is 5.89. The van der Waals surface area contributed by atoms with Gasteiger partial charge in [0.1, 0.15) is 12.2 Å². The standard InChI is InChI=1S/C40H64O12/c1-22(2)33(42)36(45)34(43)25(5)18-29-24(4)16-23(3)17-31(29)49-40-37(51-38(46)27-14-10-7-11-15-27)30(35(44)32(21-41)50-40)20-28(39(47)52-48)19-26-12-8-6-9-13-26/h7,10-11,14-15,22-26,28-37,40-45,48H,6,8-9,12-13,16-21H2,1-5H3/t23?,24?,25?,28-,29?,30?,31?,32?,33?,34?,35?,36?,37?,40?/m1/s1. The number of carbonyl (C=O) groups is 2. The number of esters is 1. The summed E-state index contributed by atoms with van der Waals surface area (Å²) in [6.45, 7) is 9.07. The first-order valence-electron chi connectivity index (χ1n) is 19.5. The van der Waals surface area contributed by atoms with Crippen LogP contribution >= 0.6 is 0 Å². The van der Waals surface area contributed by atoms with Crippen LogP contribution in [0.15, 0.2) is 30.3 Å². The fourth-order valence-corrected chi connectivity index (χ4v) is 9.02. The molecule has 0 spiro atoms. The third kappa shape index (κ3) is 11.0. The summed E-state index contributed by atoms with van der Waals surface area (Å²) in [5.41, 5.74) is 0.273. The topological polar surface area (TPSA) is 192 Å². The van der Waals surface area contributed by atoms with Gasteiger partial charge in [-0.1, -0.05) is 84.9 Å². The number of ether oxygens (including phenoxy) is 3. The molecule has 1 saturated heterocycles. The number of hydrogen-bond acceptors (Lipinski definition) is 12. The Kier molecular flexibility index (Phi) is 16.3. The van der Waals surface area contributed by atoms with Gasteiger partial charge < -0.3 is 44.6 Å². The van der Waals surface area contributed by atoms with Gasteiger partial charge in [-0.2, -0.15) is 5.26 Å². The summed E-state index contributed by atoms with van der Waals surface area (Å²) < 4.78 is 19.2. The number of aliphatic hydroxyl groups is 5. The van der Waals surface area contributed by atoms with Gasteiger partial charge in [-0.25, -0.2) is 9.59 Å². The van der Waals surface area contributed by atoms with E-state index in [9.17, 15) is 40.4 Å². The second-order valence-electron chi connectivity index (χ2n) is 16.5. The summed E-state index contributed by atoms with van der Waals surface area (Å²) in [6, 6.07) is 8.39. The lowest BCUT2D eigenvalue weighted by atomic mass is 9.69. The van der Waals surface area contributed by atoms with Crippen molar-refractivity contribution >= 4 is 11.9 Å². The molecule has 296 valence electrons. The molecule has 52 heavy (non-hydrogen) atoms. The van der Waals surface area contributed by atoms with E-state index < -0.39 is 85.3 Å². The third-order valence-electron chi connectivity index (χ3n) is 12.1. The largest absolute Gasteiger partial charge is 0.453 e. The molecule has 1 aliphatic heterocycles. The zero-order valence-corrected chi connectivity index (χ0v) is 31.5. The summed E-state index contributed by atoms with van der Waals surface area (Å²) in [6.07, 6.45) is -1.50. The Hall–Kier alpha value is -2.16. The molecule has 1 aromatic rings. The first-order chi connectivity index (χ1) is 24.7. The first-order valence-corrected chi connectivity index (χ1v) is 19.5. The molecule has 12 nitrogen and oxygen atoms in total. The lowest BCUT2D eigenvalue weighted by molar-refractivity contribution is -0.311. The van der Waals surface area contributed by atoms with Crippen LogP contribution in [0.4, 0.5) is 0 Å². The molecule has 1 aromatic carbocycles. The van der Waals surface area contributed by atoms with Crippen LogP contribution in [-0.4, -0.2) is 98.4 Å². The van der Waals surface area contributed by atoms with Gasteiger partial charge in [0, 0.05) is 5.92 Å². The second-order valence-corrected chi connectivity index (χ2v) is 16.5. The van der Waals surface area contributed by atoms with Crippen molar-refractivity contribution < 1.29 is 59.5 Å². The van der Waals surface area contributed by atoms with Crippen molar-refractivity contribution in [2.75, 3.05) is 6.61 Å². The maximum absolute atomic E-state index is 13.6. The van der Waals surface area contributed by atoms with Gasteiger partial charge in [-0.3, -0.25) is 0 Å². The van der Waals surface area contributed by atoms with Crippen molar-refractivity contribution in [3.05, 3.63) is 35.9 Å². The Morgan fingerprint density at radius 1 is 0.885 bits per heavy atom. The van der Waals surface area contributed by atoms with Gasteiger partial charge in [0.25, 0.3) is 0 Å². The first kappa shape index (κ1) is 42.6. The van der Waals surface area contributed by atoms with Crippen LogP contribution in [-0.2, 0) is 23.9 Å². The van der Waals surface area contributed by atoms with Crippen LogP contribution in [0, 0.1) is 47.3 Å². The van der Waals surface area contributed by atoms with E-state index in [2.05, 4.69) is 18.7 Å². The highest BCUT2D eigenvalue weighted by Crippen LogP contribution is 2.43. The molecule has 1 heterocycles. The number of rotatable bonds is 16. The molecule has 3 fully saturated rings. The summed E-state index contributed by atoms with van der Waals surface area (Å²) in [5.74, 6) is -3.40. The number of carbonyl (C=O) groups excluding carboxylic acids is 2. The van der Waals surface area contributed by atoms with E-state index in [0.717, 1.165) is 38.5 Å². The van der Waals surface area contributed by atoms with Gasteiger partial charge >= 0.3 is 11.9 Å². The van der Waals surface area contributed by atoms with Crippen molar-refractivity contribution in [1.82, 2.24) is 0 Å². The van der Waals surface area contributed by atoms with Gasteiger partial charge in [0.15, 0.2) is 12.4 Å². The fourth-order valence-electron chi connectivity index (χ4n) is 9.02. The van der Waals surface area contributed by atoms with Crippen LogP contribution < -0.4 is 0 Å². The zero-order valence-electron chi connectivity index (χ0n) is 31.5. The molecule has 13 unspecified atom stereocenters. The highest BCUT2D eigenvalue weighted by Gasteiger charge is 2.51. The minimum Gasteiger partial charge on any atom is -0.453 e. The van der Waals surface area contributed by atoms with E-state index in [1.807, 2.05) is 6.92 Å². The SMILES string of the molecule is CC1CC(C)C(CC(C)C(O)C(O)C(O)C(C)C)C(OC2OC(CO)C(O)C(C[C@@H](CC3CCCCC3)C(=O)OO)C2OC(=O)c2ccccc2)C1. The van der Waals surface area contributed by atoms with Crippen LogP contribution in [0.3, 0.4) is 0 Å². The summed E-state index contributed by atoms with van der Waals surface area (Å²) in [5, 5.41) is 63.9. The van der Waals surface area contributed by atoms with Gasteiger partial charge in [-0.05, 0) is 79.7 Å². The fraction of sp³-hybridized carbons (Fsp3) is 0.800. The van der Waals surface area contributed by atoms with Crippen molar-refractivity contribution in [3.8, 4) is 0 Å². The minimum absolute atomic E-state index is 0.0102. The molecule has 6 N–H and O–H groups in total. The molecular weight excluding hydrogens is 672 g/mol. The predicted molar refractivity (Wildman–Crippen MR) is 191 cm³/mol. The van der Waals surface area contributed by atoms with Crippen LogP contribution in [0.5, 0.6) is 0 Å². The highest BCUT2D eigenvalue weighted by atomic mass is 17.1. The Bertz CT molecular complexity index is 1220. The molecule has 0 radical (unpaired) electrons. The Morgan fingerprint density at radius 3 is 2.17 bits per heavy atom. The number of hydrogen-bond donors (Lipinski definition) is 6. The molecule has 0 bridgehead atoms. The summed E-state index contributed by atoms with van der Waals surface area (Å²) in [4.78, 5) is 30.9. The van der Waals surface area contributed by atoms with E-state index in [1.165, 1.54) is 0 Å². The minimum atomic E-state index is -1.34. The molecule has 12 heteroatoms. The molecule has 0 aromatic heterocycles. The number of aliphatic hydroxyl groups excluding tert-OH is 5. The average Bonchev–Trinajstić information content (AvgIpc) is 3.14. The van der Waals surface area contributed by atoms with Crippen LogP contribution in [0.2, 0.25) is 0 Å². The molecule has 3 aliphatic rings. The average molecular weight is 737 g/mol. The van der Waals surface area contributed by atoms with Crippen LogP contribution in [0.25, 0.3) is 0 Å². The summed E-state index contributed by atoms with van der Waals surface area (Å²) >= 11 is 0. The van der Waals surface area contributed by atoms with Crippen LogP contribution in [0.1, 0.15) is 109 Å². The summed E-state index contributed by atoms with van der Waals surface area (Å²) in [7, 11) is 0. The maximum Gasteiger partial charge on any atom is 0.345 e. The second kappa shape index (κ2) is 20.0. The van der Waals surface area contributed by atoms with Crippen molar-refractivity contribution in [1.29, 1.82) is 0 Å². The predicted octanol–water partition coefficient (Wildman–Crippen LogP) is 4.73. The smallest absolute Gasteiger partial charge is 0.345 e. The molecule has 4 rings (SSSR count). The van der Waals surface area contributed by atoms with E-state index in [1.54, 1.807) is 44.2 Å². The Labute approximate surface area is 308 Å². The van der Waals surface area contributed by atoms with E-state index >= 15 is 0 Å². The molecular formula is C40H64O12. The Morgan fingerprint density at radius 2 is 1.56 bits per heavy atom. The van der Waals surface area contributed by atoms with E-state index in [0.29, 0.717) is 19.3 Å². The van der Waals surface area contributed by atoms with Gasteiger partial charge in [0.05, 0.1) is 42.5 Å². The van der Waals surface area contributed by atoms with Gasteiger partial charge in [0.2, 0.25) is 0 Å². The third-order valence-corrected chi connectivity index (χ3v) is 12.1. The van der Waals surface area contributed by atoms with Crippen molar-refractivity contribution in [2.45, 2.75) is 148 Å². The number of benzene rings is 1. The molecule has 14 atom stereocenters. The normalized spacial score (nSPS) is 33.1. The molecule has 2 saturated carbocycles. The lowest BCUT2D eigenvalue weighted by Gasteiger charge is -2.48.